The second kappa shape index (κ2) is 8.63. The highest BCUT2D eigenvalue weighted by molar-refractivity contribution is 6.92. The Bertz CT molecular complexity index is 201. The Labute approximate surface area is 95.3 Å². The minimum atomic E-state index is -0.677. The summed E-state index contributed by atoms with van der Waals surface area (Å²) >= 11 is 0. The van der Waals surface area contributed by atoms with Crippen LogP contribution in [-0.4, -0.2) is 24.2 Å². The topological polar surface area (TPSA) is 49.3 Å². The number of rotatable bonds is 3. The van der Waals surface area contributed by atoms with Crippen molar-refractivity contribution in [2.75, 3.05) is 13.1 Å². The first-order chi connectivity index (χ1) is 6.71. The lowest BCUT2D eigenvalue weighted by atomic mass is 9.76. The van der Waals surface area contributed by atoms with E-state index in [-0.39, 0.29) is 9.90 Å². The van der Waals surface area contributed by atoms with Crippen LogP contribution in [0.2, 0.25) is 0 Å². The number of hydrogen-bond donors (Lipinski definition) is 2. The molecule has 1 heterocycles. The summed E-state index contributed by atoms with van der Waals surface area (Å²) in [7, 11) is 0. The van der Waals surface area contributed by atoms with Crippen LogP contribution in [0.1, 0.15) is 19.3 Å². The lowest BCUT2D eigenvalue weighted by Crippen LogP contribution is -2.41. The van der Waals surface area contributed by atoms with E-state index in [1.807, 2.05) is 0 Å². The molecule has 1 aliphatic heterocycles. The van der Waals surface area contributed by atoms with Gasteiger partial charge in [-0.1, -0.05) is 6.08 Å². The molecule has 0 aliphatic carbocycles. The summed E-state index contributed by atoms with van der Waals surface area (Å²) in [6, 6.07) is 0. The molecule has 1 unspecified atom stereocenters. The van der Waals surface area contributed by atoms with Crippen molar-refractivity contribution >= 4 is 15.9 Å². The van der Waals surface area contributed by atoms with Crippen molar-refractivity contribution in [2.45, 2.75) is 19.3 Å². The van der Waals surface area contributed by atoms with Crippen LogP contribution in [0.3, 0.4) is 0 Å². The third-order valence-corrected chi connectivity index (χ3v) is 2.55. The van der Waals surface area contributed by atoms with Crippen LogP contribution in [0, 0.1) is 5.41 Å². The first kappa shape index (κ1) is 16.8. The van der Waals surface area contributed by atoms with Crippen LogP contribution < -0.4 is 5.32 Å². The maximum atomic E-state index is 11.0. The maximum Gasteiger partial charge on any atom is 0.310 e. The van der Waals surface area contributed by atoms with E-state index in [0.717, 1.165) is 13.1 Å². The van der Waals surface area contributed by atoms with Gasteiger partial charge in [0.1, 0.15) is 0 Å². The maximum absolute atomic E-state index is 11.0. The number of carboxylic acids is 1. The zero-order valence-corrected chi connectivity index (χ0v) is 10.7. The number of carbonyl (C=O) groups is 1. The SMILES string of the molecule is C=C.C=CCC1(C(=O)O)CCNCC1.P. The number of aliphatic carboxylic acids is 1. The van der Waals surface area contributed by atoms with Gasteiger partial charge in [-0.05, 0) is 32.4 Å². The Morgan fingerprint density at radius 1 is 1.40 bits per heavy atom. The Kier molecular flexibility index (Phi) is 9.64. The molecule has 0 amide bonds. The molecular weight excluding hydrogens is 209 g/mol. The molecule has 0 radical (unpaired) electrons. The van der Waals surface area contributed by atoms with Crippen LogP contribution in [0.15, 0.2) is 25.8 Å². The standard InChI is InChI=1S/C9H15NO2.C2H4.H3P/c1-2-3-9(8(11)12)4-6-10-7-5-9;1-2;/h2,10H,1,3-7H2,(H,11,12);1-2H2;1H3. The van der Waals surface area contributed by atoms with Crippen molar-refractivity contribution in [1.82, 2.24) is 5.32 Å². The molecule has 0 bridgehead atoms. The smallest absolute Gasteiger partial charge is 0.310 e. The lowest BCUT2D eigenvalue weighted by Gasteiger charge is -2.32. The van der Waals surface area contributed by atoms with Crippen LogP contribution >= 0.6 is 9.90 Å². The largest absolute Gasteiger partial charge is 0.481 e. The van der Waals surface area contributed by atoms with Gasteiger partial charge in [-0.15, -0.1) is 19.7 Å². The first-order valence-electron chi connectivity index (χ1n) is 4.76. The molecule has 2 N–H and O–H groups in total. The second-order valence-electron chi connectivity index (χ2n) is 3.33. The molecule has 15 heavy (non-hydrogen) atoms. The average molecular weight is 231 g/mol. The summed E-state index contributed by atoms with van der Waals surface area (Å²) in [6.07, 6.45) is 3.73. The second-order valence-corrected chi connectivity index (χ2v) is 3.33. The fourth-order valence-corrected chi connectivity index (χ4v) is 1.69. The van der Waals surface area contributed by atoms with Crippen molar-refractivity contribution in [2.24, 2.45) is 5.41 Å². The Hall–Kier alpha value is -0.660. The Balaban J connectivity index is 0. The van der Waals surface area contributed by atoms with Gasteiger partial charge in [0, 0.05) is 0 Å². The summed E-state index contributed by atoms with van der Waals surface area (Å²) in [6.45, 7) is 11.2. The third-order valence-electron chi connectivity index (χ3n) is 2.55. The number of allylic oxidation sites excluding steroid dienone is 1. The van der Waals surface area contributed by atoms with Gasteiger partial charge in [0.05, 0.1) is 5.41 Å². The summed E-state index contributed by atoms with van der Waals surface area (Å²) in [5.74, 6) is -0.677. The monoisotopic (exact) mass is 231 g/mol. The van der Waals surface area contributed by atoms with Gasteiger partial charge in [0.2, 0.25) is 0 Å². The van der Waals surface area contributed by atoms with Gasteiger partial charge in [-0.3, -0.25) is 4.79 Å². The molecule has 1 fully saturated rings. The molecule has 88 valence electrons. The van der Waals surface area contributed by atoms with E-state index in [2.05, 4.69) is 25.1 Å². The fourth-order valence-electron chi connectivity index (χ4n) is 1.69. The van der Waals surface area contributed by atoms with Crippen LogP contribution in [0.5, 0.6) is 0 Å². The van der Waals surface area contributed by atoms with E-state index in [4.69, 9.17) is 5.11 Å². The number of hydrogen-bond acceptors (Lipinski definition) is 2. The predicted molar refractivity (Wildman–Crippen MR) is 69.3 cm³/mol. The molecule has 0 spiro atoms. The fraction of sp³-hybridized carbons (Fsp3) is 0.545. The minimum absolute atomic E-state index is 0. The molecule has 3 nitrogen and oxygen atoms in total. The highest BCUT2D eigenvalue weighted by atomic mass is 31.0. The van der Waals surface area contributed by atoms with Gasteiger partial charge < -0.3 is 10.4 Å². The summed E-state index contributed by atoms with van der Waals surface area (Å²) in [4.78, 5) is 11.0. The van der Waals surface area contributed by atoms with Crippen molar-refractivity contribution < 1.29 is 9.90 Å². The zero-order chi connectivity index (χ0) is 11.0. The van der Waals surface area contributed by atoms with E-state index in [9.17, 15) is 4.79 Å². The van der Waals surface area contributed by atoms with E-state index in [1.54, 1.807) is 6.08 Å². The van der Waals surface area contributed by atoms with Crippen molar-refractivity contribution in [3.8, 4) is 0 Å². The van der Waals surface area contributed by atoms with Gasteiger partial charge in [-0.25, -0.2) is 0 Å². The molecule has 1 atom stereocenters. The molecular formula is C11H22NO2P. The highest BCUT2D eigenvalue weighted by Gasteiger charge is 2.38. The molecule has 1 rings (SSSR count). The Morgan fingerprint density at radius 3 is 2.20 bits per heavy atom. The number of piperidine rings is 1. The summed E-state index contributed by atoms with van der Waals surface area (Å²) in [5, 5.41) is 12.2. The van der Waals surface area contributed by atoms with E-state index in [0.29, 0.717) is 19.3 Å². The highest BCUT2D eigenvalue weighted by Crippen LogP contribution is 2.33. The molecule has 0 saturated carbocycles. The van der Waals surface area contributed by atoms with Crippen LogP contribution in [-0.2, 0) is 4.79 Å². The number of carboxylic acid groups (broad SMARTS) is 1. The number of nitrogens with one attached hydrogen (secondary N) is 1. The zero-order valence-electron chi connectivity index (χ0n) is 9.30. The molecule has 1 aliphatic rings. The first-order valence-corrected chi connectivity index (χ1v) is 4.76. The van der Waals surface area contributed by atoms with Crippen LogP contribution in [0.4, 0.5) is 0 Å². The third kappa shape index (κ3) is 4.59. The van der Waals surface area contributed by atoms with E-state index in [1.165, 1.54) is 0 Å². The van der Waals surface area contributed by atoms with E-state index >= 15 is 0 Å². The van der Waals surface area contributed by atoms with Gasteiger partial charge >= 0.3 is 5.97 Å². The van der Waals surface area contributed by atoms with Gasteiger partial charge in [0.15, 0.2) is 0 Å². The lowest BCUT2D eigenvalue weighted by molar-refractivity contribution is -0.150. The molecule has 0 aromatic heterocycles. The molecule has 0 aromatic rings. The summed E-state index contributed by atoms with van der Waals surface area (Å²) < 4.78 is 0. The van der Waals surface area contributed by atoms with Crippen molar-refractivity contribution in [3.05, 3.63) is 25.8 Å². The van der Waals surface area contributed by atoms with Gasteiger partial charge in [-0.2, -0.15) is 9.90 Å². The van der Waals surface area contributed by atoms with Crippen molar-refractivity contribution in [3.63, 3.8) is 0 Å². The quantitative estimate of drug-likeness (QED) is 0.576. The molecule has 4 heteroatoms. The average Bonchev–Trinajstić information content (AvgIpc) is 2.22. The van der Waals surface area contributed by atoms with Gasteiger partial charge in [0.25, 0.3) is 0 Å². The molecule has 0 aromatic carbocycles. The van der Waals surface area contributed by atoms with E-state index < -0.39 is 11.4 Å². The predicted octanol–water partition coefficient (Wildman–Crippen LogP) is 1.88. The molecule has 1 saturated heterocycles. The Morgan fingerprint density at radius 2 is 1.87 bits per heavy atom. The normalized spacial score (nSPS) is 17.6. The minimum Gasteiger partial charge on any atom is -0.481 e. The van der Waals surface area contributed by atoms with Crippen molar-refractivity contribution in [1.29, 1.82) is 0 Å². The summed E-state index contributed by atoms with van der Waals surface area (Å²) in [5.41, 5.74) is -0.535. The van der Waals surface area contributed by atoms with Crippen LogP contribution in [0.25, 0.3) is 0 Å².